The number of rotatable bonds is 7. The summed E-state index contributed by atoms with van der Waals surface area (Å²) in [7, 11) is 0. The molecule has 0 aromatic heterocycles. The molecule has 0 unspecified atom stereocenters. The molecular formula is C23H23F6N3O3S. The van der Waals surface area contributed by atoms with E-state index >= 15 is 0 Å². The Hall–Kier alpha value is -2.62. The summed E-state index contributed by atoms with van der Waals surface area (Å²) in [6.45, 7) is 0.0699. The smallest absolute Gasteiger partial charge is 0.422 e. The Morgan fingerprint density at radius 3 is 2.39 bits per heavy atom. The van der Waals surface area contributed by atoms with Gasteiger partial charge in [-0.3, -0.25) is 9.59 Å². The lowest BCUT2D eigenvalue weighted by atomic mass is 10.1. The molecule has 1 aromatic carbocycles. The molecular weight excluding hydrogens is 512 g/mol. The average Bonchev–Trinajstić information content (AvgIpc) is 3.69. The van der Waals surface area contributed by atoms with Crippen LogP contribution < -0.4 is 10.1 Å². The van der Waals surface area contributed by atoms with Gasteiger partial charge in [0, 0.05) is 22.1 Å². The first-order valence-corrected chi connectivity index (χ1v) is 12.1. The molecule has 2 atom stereocenters. The van der Waals surface area contributed by atoms with Crippen LogP contribution in [0.5, 0.6) is 5.75 Å². The summed E-state index contributed by atoms with van der Waals surface area (Å²) in [4.78, 5) is 27.2. The van der Waals surface area contributed by atoms with E-state index in [1.54, 1.807) is 6.92 Å². The van der Waals surface area contributed by atoms with Crippen LogP contribution in [0.25, 0.3) is 0 Å². The summed E-state index contributed by atoms with van der Waals surface area (Å²) in [5.74, 6) is -1.33. The molecule has 13 heteroatoms. The molecule has 1 aromatic rings. The molecule has 1 heterocycles. The van der Waals surface area contributed by atoms with Gasteiger partial charge < -0.3 is 15.0 Å². The Kier molecular flexibility index (Phi) is 6.64. The number of ether oxygens (including phenoxy) is 1. The van der Waals surface area contributed by atoms with Crippen LogP contribution in [-0.4, -0.2) is 52.9 Å². The van der Waals surface area contributed by atoms with Crippen LogP contribution in [0.1, 0.15) is 44.6 Å². The van der Waals surface area contributed by atoms with Gasteiger partial charge in [-0.2, -0.15) is 31.6 Å². The summed E-state index contributed by atoms with van der Waals surface area (Å²) < 4.78 is 82.9. The van der Waals surface area contributed by atoms with E-state index in [0.29, 0.717) is 31.7 Å². The third-order valence-corrected chi connectivity index (χ3v) is 7.91. The van der Waals surface area contributed by atoms with Crippen molar-refractivity contribution in [3.63, 3.8) is 0 Å². The van der Waals surface area contributed by atoms with Crippen LogP contribution in [0.2, 0.25) is 0 Å². The number of amides is 2. The first kappa shape index (κ1) is 26.4. The van der Waals surface area contributed by atoms with Gasteiger partial charge in [-0.1, -0.05) is 6.92 Å². The van der Waals surface area contributed by atoms with Crippen molar-refractivity contribution in [2.75, 3.05) is 13.2 Å². The molecule has 196 valence electrons. The quantitative estimate of drug-likeness (QED) is 0.513. The predicted molar refractivity (Wildman–Crippen MR) is 116 cm³/mol. The highest BCUT2D eigenvalue weighted by Crippen LogP contribution is 2.49. The highest BCUT2D eigenvalue weighted by molar-refractivity contribution is 8.00. The fourth-order valence-corrected chi connectivity index (χ4v) is 5.40. The monoisotopic (exact) mass is 535 g/mol. The summed E-state index contributed by atoms with van der Waals surface area (Å²) in [6, 6.07) is 3.70. The topological polar surface area (TPSA) is 82.4 Å². The van der Waals surface area contributed by atoms with Gasteiger partial charge in [-0.15, -0.1) is 11.8 Å². The number of likely N-dealkylation sites (tertiary alicyclic amines) is 1. The van der Waals surface area contributed by atoms with Crippen LogP contribution in [0, 0.1) is 16.7 Å². The molecule has 6 nitrogen and oxygen atoms in total. The number of alkyl halides is 6. The van der Waals surface area contributed by atoms with Gasteiger partial charge in [0.2, 0.25) is 11.8 Å². The molecule has 2 saturated carbocycles. The second-order valence-electron chi connectivity index (χ2n) is 9.75. The fourth-order valence-electron chi connectivity index (χ4n) is 4.08. The van der Waals surface area contributed by atoms with Crippen molar-refractivity contribution in [1.29, 1.82) is 5.26 Å². The Morgan fingerprint density at radius 1 is 1.19 bits per heavy atom. The van der Waals surface area contributed by atoms with Crippen LogP contribution in [0.15, 0.2) is 23.1 Å². The van der Waals surface area contributed by atoms with E-state index in [2.05, 4.69) is 10.1 Å². The van der Waals surface area contributed by atoms with Crippen LogP contribution in [0.3, 0.4) is 0 Å². The van der Waals surface area contributed by atoms with Crippen molar-refractivity contribution < 1.29 is 40.7 Å². The molecule has 2 aliphatic carbocycles. The predicted octanol–water partition coefficient (Wildman–Crippen LogP) is 4.68. The summed E-state index contributed by atoms with van der Waals surface area (Å²) >= 11 is 0.813. The number of hydrogen-bond donors (Lipinski definition) is 1. The molecule has 2 amide bonds. The highest BCUT2D eigenvalue weighted by Gasteiger charge is 2.53. The lowest BCUT2D eigenvalue weighted by molar-refractivity contribution is -0.153. The highest BCUT2D eigenvalue weighted by atomic mass is 32.2. The minimum Gasteiger partial charge on any atom is -0.484 e. The van der Waals surface area contributed by atoms with E-state index in [4.69, 9.17) is 0 Å². The van der Waals surface area contributed by atoms with Crippen molar-refractivity contribution in [3.8, 4) is 11.8 Å². The normalized spacial score (nSPS) is 24.1. The lowest BCUT2D eigenvalue weighted by Gasteiger charge is -2.27. The number of hydrogen-bond acceptors (Lipinski definition) is 5. The molecule has 1 N–H and O–H groups in total. The zero-order valence-corrected chi connectivity index (χ0v) is 19.9. The zero-order valence-electron chi connectivity index (χ0n) is 19.1. The van der Waals surface area contributed by atoms with E-state index in [0.717, 1.165) is 23.9 Å². The van der Waals surface area contributed by atoms with Gasteiger partial charge >= 0.3 is 12.4 Å². The summed E-state index contributed by atoms with van der Waals surface area (Å²) in [6.07, 6.45) is -7.22. The molecule has 4 rings (SSSR count). The van der Waals surface area contributed by atoms with Gasteiger partial charge in [0.25, 0.3) is 0 Å². The van der Waals surface area contributed by atoms with E-state index in [1.165, 1.54) is 4.90 Å². The van der Waals surface area contributed by atoms with Gasteiger partial charge in [0.1, 0.15) is 17.3 Å². The SMILES string of the molecule is CC1(C(=O)N2C[C@H](Sc3ccc(OCC(F)(F)F)cc3C(F)(F)F)C[C@H]2C(=O)NC2(C#N)CC2)CC1. The number of nitrogens with one attached hydrogen (secondary N) is 1. The zero-order chi connectivity index (χ0) is 26.5. The number of thioether (sulfide) groups is 1. The molecule has 3 aliphatic rings. The third kappa shape index (κ3) is 5.85. The second-order valence-corrected chi connectivity index (χ2v) is 11.1. The maximum absolute atomic E-state index is 13.7. The molecule has 3 fully saturated rings. The second kappa shape index (κ2) is 9.04. The first-order valence-electron chi connectivity index (χ1n) is 11.3. The van der Waals surface area contributed by atoms with Crippen molar-refractivity contribution in [3.05, 3.63) is 23.8 Å². The number of carbonyl (C=O) groups excluding carboxylic acids is 2. The van der Waals surface area contributed by atoms with Crippen molar-refractivity contribution in [1.82, 2.24) is 10.2 Å². The van der Waals surface area contributed by atoms with Crippen LogP contribution in [-0.2, 0) is 15.8 Å². The molecule has 0 bridgehead atoms. The minimum absolute atomic E-state index is 0.0281. The van der Waals surface area contributed by atoms with Gasteiger partial charge in [0.15, 0.2) is 6.61 Å². The molecule has 1 saturated heterocycles. The number of carbonyl (C=O) groups is 2. The minimum atomic E-state index is -4.86. The lowest BCUT2D eigenvalue weighted by Crippen LogP contribution is -2.50. The number of benzene rings is 1. The van der Waals surface area contributed by atoms with Crippen LogP contribution in [0.4, 0.5) is 26.3 Å². The Bertz CT molecular complexity index is 1090. The molecule has 0 radical (unpaired) electrons. The Morgan fingerprint density at radius 2 is 1.86 bits per heavy atom. The Labute approximate surface area is 207 Å². The van der Waals surface area contributed by atoms with Crippen LogP contribution >= 0.6 is 11.8 Å². The summed E-state index contributed by atoms with van der Waals surface area (Å²) in [5, 5.41) is 11.4. The summed E-state index contributed by atoms with van der Waals surface area (Å²) in [5.41, 5.74) is -2.73. The molecule has 1 aliphatic heterocycles. The standard InChI is InChI=1S/C23H23F6N3O3S/c1-20(4-5-20)19(34)32-10-14(9-16(32)18(33)31-21(11-30)6-7-21)36-17-3-2-13(35-12-22(24,25)26)8-15(17)23(27,28)29/h2-3,8,14,16H,4-7,9-10,12H2,1H3,(H,31,33)/t14-,16+/m1/s1. The van der Waals surface area contributed by atoms with Crippen molar-refractivity contribution in [2.24, 2.45) is 5.41 Å². The van der Waals surface area contributed by atoms with E-state index < -0.39 is 58.4 Å². The van der Waals surface area contributed by atoms with E-state index in [9.17, 15) is 41.2 Å². The number of halogens is 6. The van der Waals surface area contributed by atoms with E-state index in [-0.39, 0.29) is 23.8 Å². The number of nitriles is 1. The first-order chi connectivity index (χ1) is 16.6. The van der Waals surface area contributed by atoms with Gasteiger partial charge in [0.05, 0.1) is 11.6 Å². The van der Waals surface area contributed by atoms with Gasteiger partial charge in [-0.05, 0) is 50.3 Å². The van der Waals surface area contributed by atoms with Crippen molar-refractivity contribution >= 4 is 23.6 Å². The fraction of sp³-hybridized carbons (Fsp3) is 0.609. The number of nitrogens with zero attached hydrogens (tertiary/aromatic N) is 2. The van der Waals surface area contributed by atoms with E-state index in [1.807, 2.05) is 6.07 Å². The maximum Gasteiger partial charge on any atom is 0.422 e. The van der Waals surface area contributed by atoms with Crippen molar-refractivity contribution in [2.45, 2.75) is 73.1 Å². The largest absolute Gasteiger partial charge is 0.484 e. The Balaban J connectivity index is 1.54. The maximum atomic E-state index is 13.7. The molecule has 0 spiro atoms. The van der Waals surface area contributed by atoms with Gasteiger partial charge in [-0.25, -0.2) is 0 Å². The third-order valence-electron chi connectivity index (χ3n) is 6.62. The average molecular weight is 536 g/mol. The molecule has 36 heavy (non-hydrogen) atoms.